The van der Waals surface area contributed by atoms with Gasteiger partial charge in [-0.1, -0.05) is 0 Å². The summed E-state index contributed by atoms with van der Waals surface area (Å²) in [6.07, 6.45) is -21.4. The van der Waals surface area contributed by atoms with E-state index >= 15 is 0 Å². The lowest BCUT2D eigenvalue weighted by Crippen LogP contribution is -2.46. The molecule has 0 aromatic rings. The second-order valence-corrected chi connectivity index (χ2v) is 4.22. The lowest BCUT2D eigenvalue weighted by atomic mass is 10.1. The molecule has 22 heavy (non-hydrogen) atoms. The van der Waals surface area contributed by atoms with Crippen LogP contribution in [0.3, 0.4) is 0 Å². The molecule has 2 heterocycles. The molecule has 0 aliphatic carbocycles. The zero-order chi connectivity index (χ0) is 17.8. The molecule has 2 aliphatic heterocycles. The first kappa shape index (κ1) is 19.1. The van der Waals surface area contributed by atoms with Gasteiger partial charge in [0.25, 0.3) is 11.2 Å². The first-order valence-electron chi connectivity index (χ1n) is 4.96. The molecule has 0 amide bonds. The highest BCUT2D eigenvalue weighted by molar-refractivity contribution is 5.05. The van der Waals surface area contributed by atoms with Crippen LogP contribution in [0.1, 0.15) is 0 Å². The van der Waals surface area contributed by atoms with Crippen LogP contribution < -0.4 is 0 Å². The van der Waals surface area contributed by atoms with Crippen LogP contribution in [0, 0.1) is 0 Å². The molecule has 0 atom stereocenters. The largest absolute Gasteiger partial charge is 0.428 e. The third kappa shape index (κ3) is 3.07. The predicted octanol–water partition coefficient (Wildman–Crippen LogP) is 3.76. The summed E-state index contributed by atoms with van der Waals surface area (Å²) < 4.78 is 145. The van der Waals surface area contributed by atoms with E-state index < -0.39 is 49.1 Å². The Morgan fingerprint density at radius 1 is 0.455 bits per heavy atom. The Bertz CT molecular complexity index is 333. The van der Waals surface area contributed by atoms with Crippen LogP contribution in [0.4, 0.5) is 52.7 Å². The summed E-state index contributed by atoms with van der Waals surface area (Å²) in [7, 11) is 0. The number of hydrogen-bond acceptors (Lipinski definition) is 2. The summed E-state index contributed by atoms with van der Waals surface area (Å²) in [5.41, 5.74) is -7.75. The smallest absolute Gasteiger partial charge is 0.352 e. The first-order chi connectivity index (χ1) is 9.41. The van der Waals surface area contributed by atoms with E-state index in [-0.39, 0.29) is 0 Å². The number of halogens is 12. The van der Waals surface area contributed by atoms with E-state index in [1.807, 2.05) is 0 Å². The molecule has 0 aromatic carbocycles. The molecule has 2 saturated heterocycles. The molecular weight excluding hydrogens is 356 g/mol. The Hall–Kier alpha value is -0.920. The molecule has 2 fully saturated rings. The number of alkyl halides is 12. The van der Waals surface area contributed by atoms with Crippen molar-refractivity contribution in [1.29, 1.82) is 0 Å². The molecule has 0 radical (unpaired) electrons. The minimum atomic E-state index is -5.36. The van der Waals surface area contributed by atoms with Crippen molar-refractivity contribution in [3.05, 3.63) is 0 Å². The number of ether oxygens (including phenoxy) is 2. The molecule has 0 N–H and O–H groups in total. The topological polar surface area (TPSA) is 25.1 Å². The van der Waals surface area contributed by atoms with Gasteiger partial charge in [-0.05, 0) is 0 Å². The zero-order valence-corrected chi connectivity index (χ0v) is 9.77. The Kier molecular flexibility index (Phi) is 4.16. The average molecular weight is 360 g/mol. The summed E-state index contributed by atoms with van der Waals surface area (Å²) >= 11 is 0. The van der Waals surface area contributed by atoms with Crippen molar-refractivity contribution in [3.63, 3.8) is 0 Å². The molecule has 132 valence electrons. The average Bonchev–Trinajstić information content (AvgIpc) is 3.08. The van der Waals surface area contributed by atoms with Gasteiger partial charge in [-0.3, -0.25) is 0 Å². The number of hydrogen-bond donors (Lipinski definition) is 0. The van der Waals surface area contributed by atoms with E-state index in [0.717, 1.165) is 0 Å². The molecule has 14 heteroatoms. The van der Waals surface area contributed by atoms with Gasteiger partial charge < -0.3 is 9.47 Å². The van der Waals surface area contributed by atoms with Gasteiger partial charge in [0.2, 0.25) is 0 Å². The van der Waals surface area contributed by atoms with Crippen LogP contribution in [0.2, 0.25) is 0 Å². The Balaban J connectivity index is 0.000000220. The SMILES string of the molecule is FC(F)(F)C1(C(F)(F)F)CO1.FC(F)(F)C1(C(F)(F)F)CO1. The number of rotatable bonds is 0. The summed E-state index contributed by atoms with van der Waals surface area (Å²) in [6, 6.07) is 0. The van der Waals surface area contributed by atoms with Crippen molar-refractivity contribution in [2.75, 3.05) is 13.2 Å². The normalized spacial score (nSPS) is 23.5. The summed E-state index contributed by atoms with van der Waals surface area (Å²) in [6.45, 7) is -2.64. The highest BCUT2D eigenvalue weighted by atomic mass is 19.4. The maximum absolute atomic E-state index is 11.5. The van der Waals surface area contributed by atoms with Crippen LogP contribution in [0.5, 0.6) is 0 Å². The summed E-state index contributed by atoms with van der Waals surface area (Å²) in [5, 5.41) is 0. The van der Waals surface area contributed by atoms with Crippen LogP contribution in [0.25, 0.3) is 0 Å². The fraction of sp³-hybridized carbons (Fsp3) is 1.00. The van der Waals surface area contributed by atoms with Crippen molar-refractivity contribution in [2.45, 2.75) is 35.9 Å². The maximum atomic E-state index is 11.5. The Labute approximate surface area is 113 Å². The lowest BCUT2D eigenvalue weighted by molar-refractivity contribution is -0.292. The summed E-state index contributed by atoms with van der Waals surface area (Å²) in [5.74, 6) is 0. The van der Waals surface area contributed by atoms with Crippen LogP contribution in [-0.2, 0) is 9.47 Å². The second kappa shape index (κ2) is 4.79. The predicted molar refractivity (Wildman–Crippen MR) is 41.6 cm³/mol. The molecular formula is C8H4F12O2. The van der Waals surface area contributed by atoms with Gasteiger partial charge >= 0.3 is 24.7 Å². The maximum Gasteiger partial charge on any atom is 0.428 e. The summed E-state index contributed by atoms with van der Waals surface area (Å²) in [4.78, 5) is 0. The highest BCUT2D eigenvalue weighted by Crippen LogP contribution is 2.54. The number of epoxide rings is 2. The van der Waals surface area contributed by atoms with Gasteiger partial charge in [0, 0.05) is 0 Å². The zero-order valence-electron chi connectivity index (χ0n) is 9.77. The van der Waals surface area contributed by atoms with Crippen LogP contribution in [0.15, 0.2) is 0 Å². The first-order valence-corrected chi connectivity index (χ1v) is 4.96. The Morgan fingerprint density at radius 3 is 0.591 bits per heavy atom. The fourth-order valence-corrected chi connectivity index (χ4v) is 1.12. The van der Waals surface area contributed by atoms with Gasteiger partial charge in [-0.25, -0.2) is 0 Å². The molecule has 0 saturated carbocycles. The van der Waals surface area contributed by atoms with Gasteiger partial charge in [-0.2, -0.15) is 52.7 Å². The van der Waals surface area contributed by atoms with Crippen LogP contribution >= 0.6 is 0 Å². The van der Waals surface area contributed by atoms with Crippen LogP contribution in [-0.4, -0.2) is 49.1 Å². The van der Waals surface area contributed by atoms with E-state index in [2.05, 4.69) is 9.47 Å². The van der Waals surface area contributed by atoms with Crippen molar-refractivity contribution in [1.82, 2.24) is 0 Å². The van der Waals surface area contributed by atoms with Gasteiger partial charge in [0.05, 0.1) is 13.2 Å². The van der Waals surface area contributed by atoms with E-state index in [1.54, 1.807) is 0 Å². The molecule has 0 aromatic heterocycles. The van der Waals surface area contributed by atoms with Gasteiger partial charge in [0.1, 0.15) is 0 Å². The van der Waals surface area contributed by atoms with E-state index in [1.165, 1.54) is 0 Å². The molecule has 2 rings (SSSR count). The fourth-order valence-electron chi connectivity index (χ4n) is 1.12. The molecule has 2 nitrogen and oxygen atoms in total. The molecule has 0 unspecified atom stereocenters. The standard InChI is InChI=1S/2C4H2F6O/c2*5-3(6,7)2(1-11-2)4(8,9)10/h2*1H2. The second-order valence-electron chi connectivity index (χ2n) is 4.22. The minimum absolute atomic E-state index is 1.32. The molecule has 0 spiro atoms. The molecule has 0 bridgehead atoms. The van der Waals surface area contributed by atoms with E-state index in [0.29, 0.717) is 0 Å². The third-order valence-electron chi connectivity index (χ3n) is 2.70. The van der Waals surface area contributed by atoms with Crippen molar-refractivity contribution >= 4 is 0 Å². The van der Waals surface area contributed by atoms with E-state index in [9.17, 15) is 52.7 Å². The lowest BCUT2D eigenvalue weighted by Gasteiger charge is -2.18. The molecule has 2 aliphatic rings. The monoisotopic (exact) mass is 360 g/mol. The quantitative estimate of drug-likeness (QED) is 0.486. The third-order valence-corrected chi connectivity index (χ3v) is 2.70. The van der Waals surface area contributed by atoms with Gasteiger partial charge in [0.15, 0.2) is 0 Å². The Morgan fingerprint density at radius 2 is 0.591 bits per heavy atom. The minimum Gasteiger partial charge on any atom is -0.352 e. The van der Waals surface area contributed by atoms with E-state index in [4.69, 9.17) is 0 Å². The van der Waals surface area contributed by atoms with Crippen molar-refractivity contribution in [3.8, 4) is 0 Å². The van der Waals surface area contributed by atoms with Crippen molar-refractivity contribution in [2.24, 2.45) is 0 Å². The van der Waals surface area contributed by atoms with Crippen molar-refractivity contribution < 1.29 is 62.2 Å². The highest BCUT2D eigenvalue weighted by Gasteiger charge is 2.81. The van der Waals surface area contributed by atoms with Gasteiger partial charge in [-0.15, -0.1) is 0 Å².